The van der Waals surface area contributed by atoms with Crippen molar-refractivity contribution in [1.82, 2.24) is 9.62 Å². The van der Waals surface area contributed by atoms with Gasteiger partial charge in [0.2, 0.25) is 15.9 Å². The van der Waals surface area contributed by atoms with Crippen molar-refractivity contribution in [3.8, 4) is 0 Å². The molecule has 2 N–H and O–H groups in total. The number of aliphatic hydroxyl groups is 1. The van der Waals surface area contributed by atoms with Crippen LogP contribution in [-0.2, 0) is 14.8 Å². The molecule has 4 atom stereocenters. The molecule has 1 aromatic carbocycles. The van der Waals surface area contributed by atoms with Crippen molar-refractivity contribution in [2.75, 3.05) is 6.54 Å². The summed E-state index contributed by atoms with van der Waals surface area (Å²) < 4.78 is 28.1. The molecule has 7 heteroatoms. The van der Waals surface area contributed by atoms with Crippen LogP contribution in [0.1, 0.15) is 42.0 Å². The zero-order valence-electron chi connectivity index (χ0n) is 16.0. The van der Waals surface area contributed by atoms with Gasteiger partial charge < -0.3 is 10.4 Å². The largest absolute Gasteiger partial charge is 0.392 e. The van der Waals surface area contributed by atoms with Crippen molar-refractivity contribution >= 4 is 15.9 Å². The normalized spacial score (nSPS) is 29.0. The molecule has 3 rings (SSSR count). The quantitative estimate of drug-likeness (QED) is 0.830. The number of nitrogens with zero attached hydrogens (tertiary/aromatic N) is 1. The summed E-state index contributed by atoms with van der Waals surface area (Å²) in [4.78, 5) is 12.9. The number of benzene rings is 1. The van der Waals surface area contributed by atoms with E-state index < -0.39 is 22.2 Å². The van der Waals surface area contributed by atoms with Gasteiger partial charge in [0.25, 0.3) is 0 Å². The third kappa shape index (κ3) is 3.28. The molecule has 1 saturated carbocycles. The second kappa shape index (κ2) is 6.62. The molecule has 0 aromatic heterocycles. The second-order valence-corrected chi connectivity index (χ2v) is 9.72. The first-order valence-corrected chi connectivity index (χ1v) is 10.6. The minimum absolute atomic E-state index is 0.0491. The van der Waals surface area contributed by atoms with Crippen LogP contribution in [0.5, 0.6) is 0 Å². The van der Waals surface area contributed by atoms with Crippen LogP contribution in [0.4, 0.5) is 0 Å². The lowest BCUT2D eigenvalue weighted by molar-refractivity contribution is -0.124. The van der Waals surface area contributed by atoms with Gasteiger partial charge in [-0.15, -0.1) is 0 Å². The summed E-state index contributed by atoms with van der Waals surface area (Å²) in [5.41, 5.74) is 3.20. The fourth-order valence-electron chi connectivity index (χ4n) is 3.78. The van der Waals surface area contributed by atoms with Gasteiger partial charge in [-0.1, -0.05) is 13.0 Å². The first-order valence-electron chi connectivity index (χ1n) is 9.11. The summed E-state index contributed by atoms with van der Waals surface area (Å²) in [5, 5.41) is 13.0. The number of carbonyl (C=O) groups excluding carboxylic acids is 1. The molecule has 26 heavy (non-hydrogen) atoms. The van der Waals surface area contributed by atoms with Crippen molar-refractivity contribution < 1.29 is 18.3 Å². The molecule has 1 aliphatic heterocycles. The van der Waals surface area contributed by atoms with Gasteiger partial charge in [0.15, 0.2) is 0 Å². The van der Waals surface area contributed by atoms with Crippen LogP contribution >= 0.6 is 0 Å². The molecule has 2 fully saturated rings. The number of carbonyl (C=O) groups is 1. The lowest BCUT2D eigenvalue weighted by Crippen LogP contribution is -2.47. The first kappa shape index (κ1) is 19.3. The van der Waals surface area contributed by atoms with Crippen LogP contribution in [0.3, 0.4) is 0 Å². The number of β-amino-alcohol motifs (C(OH)–C–C–N with tert-alkyl or cyclic N) is 1. The zero-order valence-corrected chi connectivity index (χ0v) is 16.9. The Labute approximate surface area is 155 Å². The van der Waals surface area contributed by atoms with Gasteiger partial charge in [-0.3, -0.25) is 4.79 Å². The van der Waals surface area contributed by atoms with E-state index in [1.807, 2.05) is 26.8 Å². The molecule has 0 radical (unpaired) electrons. The van der Waals surface area contributed by atoms with E-state index in [9.17, 15) is 18.3 Å². The maximum atomic E-state index is 13.4. The summed E-state index contributed by atoms with van der Waals surface area (Å²) >= 11 is 0. The highest BCUT2D eigenvalue weighted by Gasteiger charge is 2.46. The number of aliphatic hydroxyl groups excluding tert-OH is 1. The van der Waals surface area contributed by atoms with Crippen LogP contribution in [0.15, 0.2) is 11.0 Å². The van der Waals surface area contributed by atoms with Crippen LogP contribution in [-0.4, -0.2) is 48.5 Å². The van der Waals surface area contributed by atoms with Crippen molar-refractivity contribution in [2.45, 2.75) is 70.5 Å². The monoisotopic (exact) mass is 380 g/mol. The van der Waals surface area contributed by atoms with E-state index in [-0.39, 0.29) is 29.8 Å². The SMILES string of the molecule is Cc1cc(C)c(C)c(S(=O)(=O)N2C[C@H](O)C[C@H]2C(=O)N[C@H]2C[C@H]2C)c1C. The van der Waals surface area contributed by atoms with Crippen molar-refractivity contribution in [1.29, 1.82) is 0 Å². The van der Waals surface area contributed by atoms with Gasteiger partial charge in [-0.2, -0.15) is 4.31 Å². The molecular weight excluding hydrogens is 352 g/mol. The Morgan fingerprint density at radius 1 is 1.15 bits per heavy atom. The van der Waals surface area contributed by atoms with Crippen LogP contribution in [0, 0.1) is 33.6 Å². The van der Waals surface area contributed by atoms with Crippen molar-refractivity contribution in [2.24, 2.45) is 5.92 Å². The number of amides is 1. The average molecular weight is 381 g/mol. The first-order chi connectivity index (χ1) is 12.0. The minimum Gasteiger partial charge on any atom is -0.392 e. The van der Waals surface area contributed by atoms with E-state index in [0.717, 1.165) is 17.5 Å². The fraction of sp³-hybridized carbons (Fsp3) is 0.632. The third-order valence-corrected chi connectivity index (χ3v) is 7.99. The molecule has 144 valence electrons. The van der Waals surface area contributed by atoms with Crippen molar-refractivity contribution in [3.05, 3.63) is 28.3 Å². The number of nitrogens with one attached hydrogen (secondary N) is 1. The average Bonchev–Trinajstić information content (AvgIpc) is 3.06. The Morgan fingerprint density at radius 3 is 2.19 bits per heavy atom. The fourth-order valence-corrected chi connectivity index (χ4v) is 5.99. The van der Waals surface area contributed by atoms with Gasteiger partial charge in [0.1, 0.15) is 6.04 Å². The lowest BCUT2D eigenvalue weighted by atomic mass is 10.0. The summed E-state index contributed by atoms with van der Waals surface area (Å²) in [6, 6.07) is 1.23. The van der Waals surface area contributed by atoms with E-state index in [0.29, 0.717) is 17.0 Å². The standard InChI is InChI=1S/C19H28N2O4S/c1-10-6-11(2)14(5)18(13(10)4)26(24,25)21-9-15(22)8-17(21)19(23)20-16-7-12(16)3/h6,12,15-17,22H,7-9H2,1-5H3,(H,20,23)/t12-,15-,16+,17+/m1/s1. The molecule has 0 spiro atoms. The van der Waals surface area contributed by atoms with Crippen LogP contribution < -0.4 is 5.32 Å². The van der Waals surface area contributed by atoms with Gasteiger partial charge in [0, 0.05) is 19.0 Å². The predicted octanol–water partition coefficient (Wildman–Crippen LogP) is 1.57. The molecule has 1 heterocycles. The van der Waals surface area contributed by atoms with Crippen LogP contribution in [0.2, 0.25) is 0 Å². The van der Waals surface area contributed by atoms with E-state index >= 15 is 0 Å². The molecule has 0 unspecified atom stereocenters. The molecule has 1 aliphatic carbocycles. The minimum atomic E-state index is -3.89. The second-order valence-electron chi connectivity index (χ2n) is 7.90. The maximum Gasteiger partial charge on any atom is 0.244 e. The summed E-state index contributed by atoms with van der Waals surface area (Å²) in [6.45, 7) is 9.36. The van der Waals surface area contributed by atoms with Gasteiger partial charge >= 0.3 is 0 Å². The third-order valence-electron chi connectivity index (χ3n) is 5.84. The molecular formula is C19H28N2O4S. The number of rotatable bonds is 4. The highest BCUT2D eigenvalue weighted by atomic mass is 32.2. The number of hydrogen-bond donors (Lipinski definition) is 2. The van der Waals surface area contributed by atoms with E-state index in [4.69, 9.17) is 0 Å². The van der Waals surface area contributed by atoms with Gasteiger partial charge in [-0.05, 0) is 62.3 Å². The zero-order chi connectivity index (χ0) is 19.4. The van der Waals surface area contributed by atoms with Crippen LogP contribution in [0.25, 0.3) is 0 Å². The topological polar surface area (TPSA) is 86.7 Å². The molecule has 1 saturated heterocycles. The smallest absolute Gasteiger partial charge is 0.244 e. The Kier molecular flexibility index (Phi) is 4.92. The molecule has 1 aromatic rings. The summed E-state index contributed by atoms with van der Waals surface area (Å²) in [5.74, 6) is 0.124. The highest BCUT2D eigenvalue weighted by Crippen LogP contribution is 2.34. The van der Waals surface area contributed by atoms with E-state index in [1.54, 1.807) is 13.8 Å². The van der Waals surface area contributed by atoms with Gasteiger partial charge in [-0.25, -0.2) is 8.42 Å². The lowest BCUT2D eigenvalue weighted by Gasteiger charge is -2.26. The number of aryl methyl sites for hydroxylation is 2. The molecule has 1 amide bonds. The van der Waals surface area contributed by atoms with Gasteiger partial charge in [0.05, 0.1) is 11.0 Å². The van der Waals surface area contributed by atoms with E-state index in [1.165, 1.54) is 4.31 Å². The Hall–Kier alpha value is -1.44. The number of hydrogen-bond acceptors (Lipinski definition) is 4. The number of sulfonamides is 1. The summed E-state index contributed by atoms with van der Waals surface area (Å²) in [7, 11) is -3.89. The molecule has 0 bridgehead atoms. The highest BCUT2D eigenvalue weighted by molar-refractivity contribution is 7.89. The Morgan fingerprint density at radius 2 is 1.69 bits per heavy atom. The Bertz CT molecular complexity index is 823. The Balaban J connectivity index is 1.99. The molecule has 2 aliphatic rings. The summed E-state index contributed by atoms with van der Waals surface area (Å²) in [6.07, 6.45) is 0.224. The maximum absolute atomic E-state index is 13.4. The van der Waals surface area contributed by atoms with E-state index in [2.05, 4.69) is 5.32 Å². The predicted molar refractivity (Wildman–Crippen MR) is 99.4 cm³/mol. The van der Waals surface area contributed by atoms with Crippen molar-refractivity contribution in [3.63, 3.8) is 0 Å². The molecule has 6 nitrogen and oxygen atoms in total.